The first-order valence-corrected chi connectivity index (χ1v) is 6.74. The minimum atomic E-state index is -0.564. The highest BCUT2D eigenvalue weighted by Crippen LogP contribution is 2.20. The van der Waals surface area contributed by atoms with E-state index in [1.54, 1.807) is 18.2 Å². The Hall–Kier alpha value is -1.28. The average Bonchev–Trinajstić information content (AvgIpc) is 2.41. The van der Waals surface area contributed by atoms with Crippen LogP contribution in [0.15, 0.2) is 18.2 Å². The third kappa shape index (κ3) is 5.93. The number of rotatable bonds is 8. The molecule has 2 N–H and O–H groups in total. The molecule has 0 saturated heterocycles. The largest absolute Gasteiger partial charge is 0.389 e. The molecule has 0 saturated carbocycles. The van der Waals surface area contributed by atoms with Crippen molar-refractivity contribution in [1.82, 2.24) is 0 Å². The first kappa shape index (κ1) is 15.8. The molecule has 0 amide bonds. The van der Waals surface area contributed by atoms with Crippen molar-refractivity contribution in [3.8, 4) is 6.07 Å². The van der Waals surface area contributed by atoms with Crippen molar-refractivity contribution in [2.75, 3.05) is 25.1 Å². The van der Waals surface area contributed by atoms with E-state index in [0.717, 1.165) is 18.5 Å². The van der Waals surface area contributed by atoms with Crippen molar-refractivity contribution in [3.05, 3.63) is 28.8 Å². The van der Waals surface area contributed by atoms with E-state index in [4.69, 9.17) is 21.6 Å². The molecule has 0 aliphatic rings. The number of nitrogens with one attached hydrogen (secondary N) is 1. The Labute approximate surface area is 119 Å². The van der Waals surface area contributed by atoms with Crippen LogP contribution in [0.4, 0.5) is 5.69 Å². The van der Waals surface area contributed by atoms with E-state index >= 15 is 0 Å². The molecule has 0 aromatic heterocycles. The summed E-state index contributed by atoms with van der Waals surface area (Å²) in [5.41, 5.74) is 1.22. The normalized spacial score (nSPS) is 11.9. The van der Waals surface area contributed by atoms with Gasteiger partial charge in [0, 0.05) is 18.8 Å². The quantitative estimate of drug-likeness (QED) is 0.720. The van der Waals surface area contributed by atoms with Crippen LogP contribution in [0.3, 0.4) is 0 Å². The number of anilines is 1. The fraction of sp³-hybridized carbons (Fsp3) is 0.500. The van der Waals surface area contributed by atoms with Gasteiger partial charge in [0.15, 0.2) is 0 Å². The lowest BCUT2D eigenvalue weighted by Crippen LogP contribution is -2.25. The van der Waals surface area contributed by atoms with Gasteiger partial charge in [0.1, 0.15) is 6.07 Å². The fourth-order valence-electron chi connectivity index (χ4n) is 1.48. The summed E-state index contributed by atoms with van der Waals surface area (Å²) in [6.45, 7) is 3.47. The van der Waals surface area contributed by atoms with E-state index in [1.807, 2.05) is 6.07 Å². The highest BCUT2D eigenvalue weighted by molar-refractivity contribution is 6.32. The first-order valence-electron chi connectivity index (χ1n) is 6.36. The summed E-state index contributed by atoms with van der Waals surface area (Å²) in [6, 6.07) is 7.08. The summed E-state index contributed by atoms with van der Waals surface area (Å²) in [7, 11) is 0. The highest BCUT2D eigenvalue weighted by Gasteiger charge is 2.05. The third-order valence-corrected chi connectivity index (χ3v) is 2.90. The van der Waals surface area contributed by atoms with Crippen molar-refractivity contribution in [2.45, 2.75) is 25.9 Å². The summed E-state index contributed by atoms with van der Waals surface area (Å²) in [5.74, 6) is 0. The van der Waals surface area contributed by atoms with Crippen LogP contribution in [-0.4, -0.2) is 31.0 Å². The van der Waals surface area contributed by atoms with E-state index in [0.29, 0.717) is 30.3 Å². The fourth-order valence-corrected chi connectivity index (χ4v) is 1.70. The van der Waals surface area contributed by atoms with Gasteiger partial charge in [-0.2, -0.15) is 5.26 Å². The second kappa shape index (κ2) is 8.76. The van der Waals surface area contributed by atoms with Gasteiger partial charge in [0.25, 0.3) is 0 Å². The van der Waals surface area contributed by atoms with Crippen LogP contribution in [0.5, 0.6) is 0 Å². The monoisotopic (exact) mass is 282 g/mol. The van der Waals surface area contributed by atoms with Crippen LogP contribution in [0, 0.1) is 11.3 Å². The minimum Gasteiger partial charge on any atom is -0.389 e. The summed E-state index contributed by atoms with van der Waals surface area (Å²) < 4.78 is 5.33. The van der Waals surface area contributed by atoms with Gasteiger partial charge in [-0.05, 0) is 24.6 Å². The van der Waals surface area contributed by atoms with Crippen LogP contribution < -0.4 is 5.32 Å². The SMILES string of the molecule is CCCCOCC(O)CNc1ccc(C#N)c(Cl)c1. The Kier molecular flexibility index (Phi) is 7.27. The van der Waals surface area contributed by atoms with Crippen molar-refractivity contribution in [2.24, 2.45) is 0 Å². The molecule has 0 spiro atoms. The van der Waals surface area contributed by atoms with Crippen LogP contribution in [0.2, 0.25) is 5.02 Å². The van der Waals surface area contributed by atoms with Gasteiger partial charge in [0.2, 0.25) is 0 Å². The number of hydrogen-bond donors (Lipinski definition) is 2. The minimum absolute atomic E-state index is 0.316. The van der Waals surface area contributed by atoms with E-state index in [9.17, 15) is 5.11 Å². The topological polar surface area (TPSA) is 65.3 Å². The van der Waals surface area contributed by atoms with E-state index < -0.39 is 6.10 Å². The van der Waals surface area contributed by atoms with Crippen LogP contribution >= 0.6 is 11.6 Å². The lowest BCUT2D eigenvalue weighted by molar-refractivity contribution is 0.0422. The van der Waals surface area contributed by atoms with Gasteiger partial charge in [-0.1, -0.05) is 24.9 Å². The molecule has 0 bridgehead atoms. The summed E-state index contributed by atoms with van der Waals surface area (Å²) in [4.78, 5) is 0. The van der Waals surface area contributed by atoms with Crippen molar-refractivity contribution in [3.63, 3.8) is 0 Å². The van der Waals surface area contributed by atoms with Crippen molar-refractivity contribution in [1.29, 1.82) is 5.26 Å². The molecule has 5 heteroatoms. The number of aliphatic hydroxyl groups is 1. The van der Waals surface area contributed by atoms with Crippen molar-refractivity contribution < 1.29 is 9.84 Å². The Morgan fingerprint density at radius 1 is 1.53 bits per heavy atom. The molecule has 1 aromatic rings. The number of nitriles is 1. The Morgan fingerprint density at radius 2 is 2.32 bits per heavy atom. The maximum absolute atomic E-state index is 9.71. The maximum atomic E-state index is 9.71. The molecule has 0 heterocycles. The maximum Gasteiger partial charge on any atom is 0.101 e. The lowest BCUT2D eigenvalue weighted by atomic mass is 10.2. The number of hydrogen-bond acceptors (Lipinski definition) is 4. The summed E-state index contributed by atoms with van der Waals surface area (Å²) in [5, 5.41) is 21.9. The van der Waals surface area contributed by atoms with Crippen molar-refractivity contribution >= 4 is 17.3 Å². The molecule has 1 atom stereocenters. The van der Waals surface area contributed by atoms with E-state index in [-0.39, 0.29) is 0 Å². The zero-order valence-corrected chi connectivity index (χ0v) is 11.8. The molecule has 104 valence electrons. The number of aliphatic hydroxyl groups excluding tert-OH is 1. The van der Waals surface area contributed by atoms with Gasteiger partial charge >= 0.3 is 0 Å². The second-order valence-electron chi connectivity index (χ2n) is 4.27. The standard InChI is InChI=1S/C14H19ClN2O2/c1-2-3-6-19-10-13(18)9-17-12-5-4-11(8-16)14(15)7-12/h4-5,7,13,17-18H,2-3,6,9-10H2,1H3. The molecule has 1 unspecified atom stereocenters. The smallest absolute Gasteiger partial charge is 0.101 e. The molecule has 0 aliphatic heterocycles. The lowest BCUT2D eigenvalue weighted by Gasteiger charge is -2.13. The van der Waals surface area contributed by atoms with Gasteiger partial charge in [-0.3, -0.25) is 0 Å². The molecule has 0 radical (unpaired) electrons. The number of unbranched alkanes of at least 4 members (excludes halogenated alkanes) is 1. The molecule has 19 heavy (non-hydrogen) atoms. The zero-order valence-electron chi connectivity index (χ0n) is 11.0. The second-order valence-corrected chi connectivity index (χ2v) is 4.68. The highest BCUT2D eigenvalue weighted by atomic mass is 35.5. The Morgan fingerprint density at radius 3 is 2.95 bits per heavy atom. The molecule has 1 aromatic carbocycles. The number of ether oxygens (including phenoxy) is 1. The summed E-state index contributed by atoms with van der Waals surface area (Å²) in [6.07, 6.45) is 1.52. The number of benzene rings is 1. The molecule has 0 aliphatic carbocycles. The zero-order chi connectivity index (χ0) is 14.1. The molecular weight excluding hydrogens is 264 g/mol. The van der Waals surface area contributed by atoms with Gasteiger partial charge in [-0.25, -0.2) is 0 Å². The van der Waals surface area contributed by atoms with Gasteiger partial charge in [0.05, 0.1) is 23.3 Å². The Bertz CT molecular complexity index is 432. The molecule has 0 fully saturated rings. The Balaban J connectivity index is 2.32. The first-order chi connectivity index (χ1) is 9.17. The van der Waals surface area contributed by atoms with Crippen LogP contribution in [-0.2, 0) is 4.74 Å². The predicted octanol–water partition coefficient (Wildman–Crippen LogP) is 2.80. The third-order valence-electron chi connectivity index (χ3n) is 2.58. The van der Waals surface area contributed by atoms with Crippen LogP contribution in [0.25, 0.3) is 0 Å². The van der Waals surface area contributed by atoms with E-state index in [1.165, 1.54) is 0 Å². The number of halogens is 1. The van der Waals surface area contributed by atoms with Gasteiger partial charge < -0.3 is 15.2 Å². The molecule has 4 nitrogen and oxygen atoms in total. The van der Waals surface area contributed by atoms with Gasteiger partial charge in [-0.15, -0.1) is 0 Å². The van der Waals surface area contributed by atoms with E-state index in [2.05, 4.69) is 12.2 Å². The predicted molar refractivity (Wildman–Crippen MR) is 76.4 cm³/mol. The number of nitrogens with zero attached hydrogens (tertiary/aromatic N) is 1. The average molecular weight is 283 g/mol. The van der Waals surface area contributed by atoms with Crippen LogP contribution in [0.1, 0.15) is 25.3 Å². The molecular formula is C14H19ClN2O2. The molecule has 1 rings (SSSR count). The summed E-state index contributed by atoms with van der Waals surface area (Å²) >= 11 is 5.91.